The van der Waals surface area contributed by atoms with E-state index in [1.807, 2.05) is 23.1 Å². The quantitative estimate of drug-likeness (QED) is 0.671. The van der Waals surface area contributed by atoms with Gasteiger partial charge in [0.15, 0.2) is 6.61 Å². The molecule has 0 bridgehead atoms. The molecule has 2 aliphatic heterocycles. The fourth-order valence-corrected chi connectivity index (χ4v) is 3.99. The summed E-state index contributed by atoms with van der Waals surface area (Å²) in [5.74, 6) is 0.975. The van der Waals surface area contributed by atoms with Gasteiger partial charge in [-0.1, -0.05) is 0 Å². The number of benzene rings is 1. The first-order valence-corrected chi connectivity index (χ1v) is 11.2. The number of nitrogens with one attached hydrogen (secondary N) is 1. The Balaban J connectivity index is 1.29. The van der Waals surface area contributed by atoms with Crippen molar-refractivity contribution < 1.29 is 23.9 Å². The molecular weight excluding hydrogens is 424 g/mol. The molecule has 33 heavy (non-hydrogen) atoms. The maximum absolute atomic E-state index is 12.7. The van der Waals surface area contributed by atoms with Gasteiger partial charge in [0.2, 0.25) is 5.91 Å². The van der Waals surface area contributed by atoms with Gasteiger partial charge in [-0.15, -0.1) is 0 Å². The summed E-state index contributed by atoms with van der Waals surface area (Å²) < 4.78 is 10.7. The summed E-state index contributed by atoms with van der Waals surface area (Å²) in [6, 6.07) is 9.00. The Morgan fingerprint density at radius 2 is 1.97 bits per heavy atom. The third kappa shape index (κ3) is 5.60. The number of fused-ring (bicyclic) bond motifs is 1. The van der Waals surface area contributed by atoms with E-state index in [1.165, 1.54) is 6.20 Å². The number of anilines is 2. The number of aryl methyl sites for hydroxylation is 1. The van der Waals surface area contributed by atoms with Crippen molar-refractivity contribution in [3.8, 4) is 5.75 Å². The predicted octanol–water partition coefficient (Wildman–Crippen LogP) is 2.26. The normalized spacial score (nSPS) is 15.8. The Hall–Kier alpha value is -3.62. The van der Waals surface area contributed by atoms with Gasteiger partial charge >= 0.3 is 5.97 Å². The van der Waals surface area contributed by atoms with Gasteiger partial charge in [-0.2, -0.15) is 0 Å². The van der Waals surface area contributed by atoms with Crippen molar-refractivity contribution in [1.29, 1.82) is 0 Å². The zero-order valence-corrected chi connectivity index (χ0v) is 18.7. The van der Waals surface area contributed by atoms with Gasteiger partial charge in [0, 0.05) is 44.5 Å². The maximum atomic E-state index is 12.7. The Bertz CT molecular complexity index is 1020. The Labute approximate surface area is 192 Å². The number of nitrogens with zero attached hydrogens (tertiary/aromatic N) is 3. The number of esters is 1. The van der Waals surface area contributed by atoms with Crippen LogP contribution in [0.5, 0.6) is 5.75 Å². The number of rotatable bonds is 6. The van der Waals surface area contributed by atoms with Crippen molar-refractivity contribution in [2.45, 2.75) is 26.2 Å². The molecule has 2 aromatic rings. The van der Waals surface area contributed by atoms with Crippen LogP contribution < -0.4 is 15.0 Å². The highest BCUT2D eigenvalue weighted by atomic mass is 16.5. The van der Waals surface area contributed by atoms with E-state index >= 15 is 0 Å². The zero-order chi connectivity index (χ0) is 23.2. The van der Waals surface area contributed by atoms with Crippen molar-refractivity contribution in [1.82, 2.24) is 9.88 Å². The molecule has 9 heteroatoms. The number of amides is 2. The van der Waals surface area contributed by atoms with Crippen LogP contribution in [0.4, 0.5) is 11.5 Å². The number of carbonyl (C=O) groups excluding carboxylic acids is 3. The van der Waals surface area contributed by atoms with E-state index in [9.17, 15) is 14.4 Å². The molecule has 0 atom stereocenters. The van der Waals surface area contributed by atoms with Crippen LogP contribution >= 0.6 is 0 Å². The van der Waals surface area contributed by atoms with E-state index in [1.54, 1.807) is 19.1 Å². The van der Waals surface area contributed by atoms with Crippen LogP contribution in [0.15, 0.2) is 36.5 Å². The molecule has 3 heterocycles. The lowest BCUT2D eigenvalue weighted by atomic mass is 10.0. The van der Waals surface area contributed by atoms with Crippen LogP contribution in [0, 0.1) is 0 Å². The van der Waals surface area contributed by atoms with Gasteiger partial charge in [0.25, 0.3) is 5.91 Å². The van der Waals surface area contributed by atoms with E-state index < -0.39 is 0 Å². The molecule has 1 saturated heterocycles. The van der Waals surface area contributed by atoms with Crippen molar-refractivity contribution in [3.63, 3.8) is 0 Å². The van der Waals surface area contributed by atoms with Crippen LogP contribution in [-0.2, 0) is 20.7 Å². The minimum Gasteiger partial charge on any atom is -0.484 e. The van der Waals surface area contributed by atoms with Crippen LogP contribution in [0.3, 0.4) is 0 Å². The van der Waals surface area contributed by atoms with Gasteiger partial charge in [0.05, 0.1) is 12.2 Å². The second kappa shape index (κ2) is 10.3. The number of pyridine rings is 1. The summed E-state index contributed by atoms with van der Waals surface area (Å²) >= 11 is 0. The first kappa shape index (κ1) is 22.6. The Kier molecular flexibility index (Phi) is 7.07. The topological polar surface area (TPSA) is 101 Å². The molecule has 0 unspecified atom stereocenters. The average Bonchev–Trinajstić information content (AvgIpc) is 3.09. The van der Waals surface area contributed by atoms with Crippen LogP contribution in [0.25, 0.3) is 0 Å². The van der Waals surface area contributed by atoms with Crippen LogP contribution in [0.2, 0.25) is 0 Å². The fraction of sp³-hybridized carbons (Fsp3) is 0.417. The number of ether oxygens (including phenoxy) is 2. The van der Waals surface area contributed by atoms with E-state index in [0.29, 0.717) is 50.4 Å². The third-order valence-electron chi connectivity index (χ3n) is 5.77. The molecule has 2 amide bonds. The van der Waals surface area contributed by atoms with Gasteiger partial charge in [-0.05, 0) is 55.7 Å². The minimum absolute atomic E-state index is 0.0201. The molecule has 174 valence electrons. The molecule has 0 aliphatic carbocycles. The Morgan fingerprint density at radius 3 is 2.76 bits per heavy atom. The number of hydrogen-bond acceptors (Lipinski definition) is 7. The first-order valence-electron chi connectivity index (χ1n) is 11.2. The predicted molar refractivity (Wildman–Crippen MR) is 122 cm³/mol. The van der Waals surface area contributed by atoms with E-state index in [4.69, 9.17) is 9.47 Å². The lowest BCUT2D eigenvalue weighted by molar-refractivity contribution is -0.133. The summed E-state index contributed by atoms with van der Waals surface area (Å²) in [7, 11) is 0. The number of aromatic nitrogens is 1. The van der Waals surface area contributed by atoms with Crippen LogP contribution in [0.1, 0.15) is 35.7 Å². The molecule has 1 aromatic carbocycles. The molecule has 2 aliphatic rings. The lowest BCUT2D eigenvalue weighted by Gasteiger charge is -2.23. The SMILES string of the molecule is CCOC(=O)c1ccc(N2CCCN(C(=O)COc3ccc4c(c3)CCC(=O)N4)CC2)nc1. The lowest BCUT2D eigenvalue weighted by Crippen LogP contribution is -2.38. The monoisotopic (exact) mass is 452 g/mol. The summed E-state index contributed by atoms with van der Waals surface area (Å²) in [4.78, 5) is 44.4. The molecule has 1 aromatic heterocycles. The highest BCUT2D eigenvalue weighted by Crippen LogP contribution is 2.26. The third-order valence-corrected chi connectivity index (χ3v) is 5.77. The maximum Gasteiger partial charge on any atom is 0.339 e. The second-order valence-corrected chi connectivity index (χ2v) is 8.00. The molecule has 4 rings (SSSR count). The van der Waals surface area contributed by atoms with Crippen LogP contribution in [-0.4, -0.2) is 67.1 Å². The van der Waals surface area contributed by atoms with Crippen molar-refractivity contribution in [3.05, 3.63) is 47.7 Å². The Morgan fingerprint density at radius 1 is 1.09 bits per heavy atom. The molecule has 0 radical (unpaired) electrons. The average molecular weight is 453 g/mol. The summed E-state index contributed by atoms with van der Waals surface area (Å²) in [6.07, 6.45) is 3.47. The summed E-state index contributed by atoms with van der Waals surface area (Å²) in [5.41, 5.74) is 2.25. The number of carbonyl (C=O) groups is 3. The summed E-state index contributed by atoms with van der Waals surface area (Å²) in [6.45, 7) is 4.70. The molecule has 0 spiro atoms. The van der Waals surface area contributed by atoms with Gasteiger partial charge in [0.1, 0.15) is 11.6 Å². The molecule has 1 fully saturated rings. The highest BCUT2D eigenvalue weighted by molar-refractivity contribution is 5.94. The molecule has 1 N–H and O–H groups in total. The summed E-state index contributed by atoms with van der Waals surface area (Å²) in [5, 5.41) is 2.84. The van der Waals surface area contributed by atoms with Gasteiger partial charge in [-0.3, -0.25) is 9.59 Å². The van der Waals surface area contributed by atoms with E-state index in [-0.39, 0.29) is 24.4 Å². The largest absolute Gasteiger partial charge is 0.484 e. The fourth-order valence-electron chi connectivity index (χ4n) is 3.99. The minimum atomic E-state index is -0.382. The molecular formula is C24H28N4O5. The van der Waals surface area contributed by atoms with Gasteiger partial charge < -0.3 is 24.6 Å². The molecule has 9 nitrogen and oxygen atoms in total. The number of hydrogen-bond donors (Lipinski definition) is 1. The smallest absolute Gasteiger partial charge is 0.339 e. The highest BCUT2D eigenvalue weighted by Gasteiger charge is 2.21. The standard InChI is InChI=1S/C24H28N4O5/c1-2-32-24(31)18-4-8-21(25-15-18)27-10-3-11-28(13-12-27)23(30)16-33-19-6-7-20-17(14-19)5-9-22(29)26-20/h4,6-8,14-15H,2-3,5,9-13,16H2,1H3,(H,26,29). The second-order valence-electron chi connectivity index (χ2n) is 8.00. The molecule has 0 saturated carbocycles. The van der Waals surface area contributed by atoms with E-state index in [2.05, 4.69) is 15.2 Å². The zero-order valence-electron chi connectivity index (χ0n) is 18.7. The van der Waals surface area contributed by atoms with Crippen molar-refractivity contribution in [2.24, 2.45) is 0 Å². The van der Waals surface area contributed by atoms with E-state index in [0.717, 1.165) is 30.0 Å². The van der Waals surface area contributed by atoms with Crippen molar-refractivity contribution >= 4 is 29.3 Å². The van der Waals surface area contributed by atoms with Crippen molar-refractivity contribution in [2.75, 3.05) is 49.6 Å². The first-order chi connectivity index (χ1) is 16.0. The van der Waals surface area contributed by atoms with Gasteiger partial charge in [-0.25, -0.2) is 9.78 Å².